The fourth-order valence-electron chi connectivity index (χ4n) is 4.73. The van der Waals surface area contributed by atoms with Crippen LogP contribution < -0.4 is 0 Å². The summed E-state index contributed by atoms with van der Waals surface area (Å²) >= 11 is 0.907. The van der Waals surface area contributed by atoms with Crippen molar-refractivity contribution >= 4 is 17.7 Å². The first-order valence-corrected chi connectivity index (χ1v) is 13.7. The summed E-state index contributed by atoms with van der Waals surface area (Å²) < 4.78 is 40.6. The van der Waals surface area contributed by atoms with E-state index in [0.29, 0.717) is 6.54 Å². The third-order valence-corrected chi connectivity index (χ3v) is 9.00. The molecule has 2 fully saturated rings. The van der Waals surface area contributed by atoms with Gasteiger partial charge in [-0.3, -0.25) is 4.79 Å². The molecule has 11 nitrogen and oxygen atoms in total. The summed E-state index contributed by atoms with van der Waals surface area (Å²) in [4.78, 5) is 14.8. The van der Waals surface area contributed by atoms with Gasteiger partial charge in [0.1, 0.15) is 52.4 Å². The molecule has 216 valence electrons. The smallest absolute Gasteiger partial charge is 0.238 e. The number of aliphatic hydroxyl groups excluding tert-OH is 3. The van der Waals surface area contributed by atoms with Gasteiger partial charge in [-0.25, -0.2) is 13.5 Å². The Morgan fingerprint density at radius 2 is 1.90 bits per heavy atom. The van der Waals surface area contributed by atoms with Crippen molar-refractivity contribution < 1.29 is 43.5 Å². The molecular formula is C25H34F2N4O7S. The molecule has 4 rings (SSSR count). The largest absolute Gasteiger partial charge is 0.394 e. The fourth-order valence-corrected chi connectivity index (χ4v) is 6.32. The number of hydrogen-bond donors (Lipinski definition) is 4. The molecule has 2 aliphatic rings. The van der Waals surface area contributed by atoms with E-state index in [1.807, 2.05) is 0 Å². The van der Waals surface area contributed by atoms with Crippen LogP contribution in [0.4, 0.5) is 8.78 Å². The predicted octanol–water partition coefficient (Wildman–Crippen LogP) is 0.633. The Labute approximate surface area is 228 Å². The predicted molar refractivity (Wildman–Crippen MR) is 137 cm³/mol. The van der Waals surface area contributed by atoms with Crippen molar-refractivity contribution in [3.05, 3.63) is 35.5 Å². The Kier molecular flexibility index (Phi) is 9.26. The fraction of sp³-hybridized carbons (Fsp3) is 0.640. The van der Waals surface area contributed by atoms with Crippen LogP contribution in [0.5, 0.6) is 0 Å². The molecule has 1 amide bonds. The minimum absolute atomic E-state index is 0.0950. The maximum absolute atomic E-state index is 14.1. The number of nitrogens with zero attached hydrogens (tertiary/aromatic N) is 4. The third kappa shape index (κ3) is 5.97. The molecule has 3 heterocycles. The second kappa shape index (κ2) is 12.1. The van der Waals surface area contributed by atoms with Gasteiger partial charge in [0, 0.05) is 50.8 Å². The topological polar surface area (TPSA) is 150 Å². The van der Waals surface area contributed by atoms with Crippen LogP contribution >= 0.6 is 11.8 Å². The molecule has 0 saturated carbocycles. The summed E-state index contributed by atoms with van der Waals surface area (Å²) in [6.07, 6.45) is -2.37. The molecule has 6 atom stereocenters. The maximum Gasteiger partial charge on any atom is 0.238 e. The number of hydrogen-bond acceptors (Lipinski definition) is 10. The van der Waals surface area contributed by atoms with E-state index >= 15 is 0 Å². The van der Waals surface area contributed by atoms with E-state index in [2.05, 4.69) is 10.3 Å². The number of ether oxygens (including phenoxy) is 2. The summed E-state index contributed by atoms with van der Waals surface area (Å²) in [6.45, 7) is 3.39. The number of benzene rings is 1. The molecule has 0 aliphatic carbocycles. The van der Waals surface area contributed by atoms with Crippen molar-refractivity contribution in [2.75, 3.05) is 33.4 Å². The quantitative estimate of drug-likeness (QED) is 0.355. The molecule has 0 spiro atoms. The summed E-state index contributed by atoms with van der Waals surface area (Å²) in [5, 5.41) is 50.6. The van der Waals surface area contributed by atoms with Crippen molar-refractivity contribution in [1.82, 2.24) is 19.9 Å². The number of thioether (sulfide) groups is 1. The van der Waals surface area contributed by atoms with Crippen LogP contribution in [-0.4, -0.2) is 114 Å². The number of aliphatic hydroxyl groups is 4. The summed E-state index contributed by atoms with van der Waals surface area (Å²) in [6, 6.07) is 1.01. The van der Waals surface area contributed by atoms with Crippen LogP contribution in [0.15, 0.2) is 18.3 Å². The summed E-state index contributed by atoms with van der Waals surface area (Å²) in [5.74, 6) is -1.89. The minimum atomic E-state index is -1.47. The zero-order chi connectivity index (χ0) is 28.5. The number of rotatable bonds is 8. The first kappa shape index (κ1) is 29.8. The molecule has 4 N–H and O–H groups in total. The van der Waals surface area contributed by atoms with E-state index in [1.165, 1.54) is 18.0 Å². The van der Waals surface area contributed by atoms with Crippen LogP contribution in [0.1, 0.15) is 31.4 Å². The van der Waals surface area contributed by atoms with E-state index in [4.69, 9.17) is 9.47 Å². The van der Waals surface area contributed by atoms with E-state index in [9.17, 15) is 34.0 Å². The van der Waals surface area contributed by atoms with Gasteiger partial charge in [-0.2, -0.15) is 0 Å². The monoisotopic (exact) mass is 572 g/mol. The van der Waals surface area contributed by atoms with Crippen LogP contribution in [-0.2, 0) is 14.3 Å². The maximum atomic E-state index is 14.1. The molecular weight excluding hydrogens is 538 g/mol. The Hall–Kier alpha value is -2.20. The normalized spacial score (nSPS) is 27.8. The zero-order valence-electron chi connectivity index (χ0n) is 21.9. The van der Waals surface area contributed by atoms with Gasteiger partial charge in [0.25, 0.3) is 0 Å². The van der Waals surface area contributed by atoms with Crippen molar-refractivity contribution in [2.45, 2.75) is 67.3 Å². The molecule has 1 aromatic carbocycles. The number of amides is 1. The van der Waals surface area contributed by atoms with Gasteiger partial charge in [0.2, 0.25) is 5.91 Å². The number of aromatic nitrogens is 3. The van der Waals surface area contributed by atoms with E-state index in [1.54, 1.807) is 14.0 Å². The van der Waals surface area contributed by atoms with E-state index < -0.39 is 58.9 Å². The molecule has 39 heavy (non-hydrogen) atoms. The molecule has 0 unspecified atom stereocenters. The summed E-state index contributed by atoms with van der Waals surface area (Å²) in [7, 11) is 1.60. The van der Waals surface area contributed by atoms with Crippen molar-refractivity contribution in [3.8, 4) is 11.3 Å². The first-order chi connectivity index (χ1) is 18.5. The molecule has 2 saturated heterocycles. The van der Waals surface area contributed by atoms with Gasteiger partial charge in [-0.05, 0) is 26.0 Å². The Bertz CT molecular complexity index is 1140. The SMILES string of the molecule is CCN(C)C(=O)[C@@H](S[C@@H]1O[C@H](CO)[C@H](O)[C@H](n2cc(-c3cc(F)c(C)c(F)c3)nn2)[C@H]1O)C1(O)CCOCC1. The molecule has 14 heteroatoms. The van der Waals surface area contributed by atoms with Crippen LogP contribution in [0, 0.1) is 18.6 Å². The lowest BCUT2D eigenvalue weighted by Crippen LogP contribution is -2.58. The number of carbonyl (C=O) groups excluding carboxylic acids is 1. The molecule has 2 aliphatic heterocycles. The van der Waals surface area contributed by atoms with Crippen molar-refractivity contribution in [1.29, 1.82) is 0 Å². The van der Waals surface area contributed by atoms with Gasteiger partial charge in [-0.15, -0.1) is 16.9 Å². The van der Waals surface area contributed by atoms with Gasteiger partial charge < -0.3 is 34.8 Å². The van der Waals surface area contributed by atoms with Crippen LogP contribution in [0.25, 0.3) is 11.3 Å². The summed E-state index contributed by atoms with van der Waals surface area (Å²) in [5.41, 5.74) is -2.54. The average Bonchev–Trinajstić information content (AvgIpc) is 3.40. The highest BCUT2D eigenvalue weighted by Crippen LogP contribution is 2.42. The third-order valence-electron chi connectivity index (χ3n) is 7.43. The van der Waals surface area contributed by atoms with Crippen LogP contribution in [0.3, 0.4) is 0 Å². The van der Waals surface area contributed by atoms with Gasteiger partial charge >= 0.3 is 0 Å². The highest BCUT2D eigenvalue weighted by Gasteiger charge is 2.51. The van der Waals surface area contributed by atoms with Crippen molar-refractivity contribution in [2.24, 2.45) is 0 Å². The zero-order valence-corrected chi connectivity index (χ0v) is 22.7. The van der Waals surface area contributed by atoms with Gasteiger partial charge in [0.05, 0.1) is 18.4 Å². The van der Waals surface area contributed by atoms with Crippen LogP contribution in [0.2, 0.25) is 0 Å². The lowest BCUT2D eigenvalue weighted by molar-refractivity contribution is -0.179. The van der Waals surface area contributed by atoms with E-state index in [0.717, 1.165) is 28.6 Å². The average molecular weight is 573 g/mol. The van der Waals surface area contributed by atoms with Gasteiger partial charge in [-0.1, -0.05) is 5.21 Å². The first-order valence-electron chi connectivity index (χ1n) is 12.7. The lowest BCUT2D eigenvalue weighted by atomic mass is 9.89. The Morgan fingerprint density at radius 1 is 1.26 bits per heavy atom. The Balaban J connectivity index is 1.65. The van der Waals surface area contributed by atoms with Gasteiger partial charge in [0.15, 0.2) is 0 Å². The highest BCUT2D eigenvalue weighted by atomic mass is 32.2. The minimum Gasteiger partial charge on any atom is -0.394 e. The Morgan fingerprint density at radius 3 is 2.49 bits per heavy atom. The number of carbonyl (C=O) groups is 1. The molecule has 1 aromatic heterocycles. The molecule has 0 bridgehead atoms. The molecule has 2 aromatic rings. The lowest BCUT2D eigenvalue weighted by Gasteiger charge is -2.45. The second-order valence-corrected chi connectivity index (χ2v) is 11.1. The van der Waals surface area contributed by atoms with Crippen molar-refractivity contribution in [3.63, 3.8) is 0 Å². The van der Waals surface area contributed by atoms with E-state index in [-0.39, 0.29) is 48.8 Å². The number of halogens is 2. The molecule has 0 radical (unpaired) electrons. The highest BCUT2D eigenvalue weighted by molar-refractivity contribution is 8.01. The second-order valence-electron chi connectivity index (χ2n) is 9.93. The standard InChI is InChI=1S/C25H34F2N4O7S/c1-4-30(3)23(35)22(25(36)5-7-37-8-6-25)39-24-21(34)19(20(33)18(12-32)38-24)31-11-17(28-29-31)14-9-15(26)13(2)16(27)10-14/h9-11,18-22,24,32-34,36H,4-8,12H2,1-3H3/t18-,19+,20+,21-,22-,24+/m1/s1.